The van der Waals surface area contributed by atoms with E-state index >= 15 is 0 Å². The normalized spacial score (nSPS) is 19.2. The molecule has 0 aliphatic heterocycles. The number of unbranched alkanes of at least 4 members (excludes halogenated alkanes) is 6. The molecule has 2 unspecified atom stereocenters. The Balaban J connectivity index is 2.30. The van der Waals surface area contributed by atoms with Crippen molar-refractivity contribution in [1.82, 2.24) is 0 Å². The minimum atomic E-state index is 0.957. The Morgan fingerprint density at radius 3 is 2.23 bits per heavy atom. The van der Waals surface area contributed by atoms with Crippen LogP contribution < -0.4 is 0 Å². The third-order valence-electron chi connectivity index (χ3n) is 5.90. The monoisotopic (exact) mass is 307 g/mol. The molecule has 1 radical (unpaired) electrons. The average molecular weight is 308 g/mol. The molecule has 0 aromatic carbocycles. The van der Waals surface area contributed by atoms with Crippen molar-refractivity contribution >= 4 is 0 Å². The molecule has 0 bridgehead atoms. The van der Waals surface area contributed by atoms with E-state index < -0.39 is 0 Å². The van der Waals surface area contributed by atoms with E-state index in [2.05, 4.69) is 20.8 Å². The summed E-state index contributed by atoms with van der Waals surface area (Å²) in [6.45, 7) is 8.79. The third kappa shape index (κ3) is 9.21. The van der Waals surface area contributed by atoms with Crippen LogP contribution in [0.1, 0.15) is 117 Å². The maximum Gasteiger partial charge on any atom is -0.0383 e. The Morgan fingerprint density at radius 1 is 0.864 bits per heavy atom. The first-order valence-corrected chi connectivity index (χ1v) is 10.6. The molecule has 0 N–H and O–H groups in total. The highest BCUT2D eigenvalue weighted by Gasteiger charge is 2.24. The maximum atomic E-state index is 3.95. The fourth-order valence-electron chi connectivity index (χ4n) is 4.45. The van der Waals surface area contributed by atoms with Crippen LogP contribution in [-0.4, -0.2) is 0 Å². The van der Waals surface area contributed by atoms with Gasteiger partial charge in [-0.3, -0.25) is 0 Å². The second-order valence-electron chi connectivity index (χ2n) is 8.05. The smallest absolute Gasteiger partial charge is 0.0383 e. The van der Waals surface area contributed by atoms with Crippen molar-refractivity contribution < 1.29 is 0 Å². The van der Waals surface area contributed by atoms with Crippen LogP contribution in [0.5, 0.6) is 0 Å². The second-order valence-corrected chi connectivity index (χ2v) is 8.05. The van der Waals surface area contributed by atoms with Gasteiger partial charge < -0.3 is 0 Å². The number of hydrogen-bond donors (Lipinski definition) is 0. The van der Waals surface area contributed by atoms with Gasteiger partial charge in [0.05, 0.1) is 0 Å². The average Bonchev–Trinajstić information content (AvgIpc) is 2.55. The molecule has 0 amide bonds. The first-order chi connectivity index (χ1) is 10.8. The standard InChI is InChI=1S/C22H43/c1-4-6-8-9-10-12-18-22(19-20(3)15-7-5-2)21-16-13-11-14-17-21/h20-22H,1,4-19H2,2-3H3. The number of rotatable bonds is 13. The summed E-state index contributed by atoms with van der Waals surface area (Å²) in [4.78, 5) is 0. The Hall–Kier alpha value is 0. The summed E-state index contributed by atoms with van der Waals surface area (Å²) in [5.41, 5.74) is 0. The molecule has 0 nitrogen and oxygen atoms in total. The molecule has 0 heteroatoms. The van der Waals surface area contributed by atoms with Gasteiger partial charge in [-0.15, -0.1) is 0 Å². The van der Waals surface area contributed by atoms with E-state index in [1.807, 2.05) is 0 Å². The van der Waals surface area contributed by atoms with Gasteiger partial charge >= 0.3 is 0 Å². The van der Waals surface area contributed by atoms with Crippen LogP contribution in [0.3, 0.4) is 0 Å². The molecule has 131 valence electrons. The molecule has 1 aliphatic rings. The van der Waals surface area contributed by atoms with Gasteiger partial charge in [-0.1, -0.05) is 117 Å². The Kier molecular flexibility index (Phi) is 12.2. The molecule has 0 aromatic heterocycles. The Morgan fingerprint density at radius 2 is 1.55 bits per heavy atom. The van der Waals surface area contributed by atoms with Crippen LogP contribution in [0.2, 0.25) is 0 Å². The van der Waals surface area contributed by atoms with Crippen LogP contribution in [0, 0.1) is 24.7 Å². The lowest BCUT2D eigenvalue weighted by Gasteiger charge is -2.32. The van der Waals surface area contributed by atoms with E-state index in [0.717, 1.165) is 24.2 Å². The summed E-state index contributed by atoms with van der Waals surface area (Å²) in [5, 5.41) is 0. The zero-order valence-electron chi connectivity index (χ0n) is 15.8. The van der Waals surface area contributed by atoms with Gasteiger partial charge in [0.15, 0.2) is 0 Å². The van der Waals surface area contributed by atoms with Gasteiger partial charge in [-0.25, -0.2) is 0 Å². The van der Waals surface area contributed by atoms with Gasteiger partial charge in [-0.2, -0.15) is 0 Å². The molecule has 1 aliphatic carbocycles. The Bertz CT molecular complexity index is 226. The van der Waals surface area contributed by atoms with E-state index in [-0.39, 0.29) is 0 Å². The van der Waals surface area contributed by atoms with Crippen LogP contribution in [-0.2, 0) is 0 Å². The molecular formula is C22H43. The van der Waals surface area contributed by atoms with Crippen LogP contribution in [0.4, 0.5) is 0 Å². The molecule has 2 atom stereocenters. The van der Waals surface area contributed by atoms with Crippen LogP contribution >= 0.6 is 0 Å². The lowest BCUT2D eigenvalue weighted by atomic mass is 9.74. The summed E-state index contributed by atoms with van der Waals surface area (Å²) < 4.78 is 0. The topological polar surface area (TPSA) is 0 Å². The maximum absolute atomic E-state index is 3.95. The summed E-state index contributed by atoms with van der Waals surface area (Å²) >= 11 is 0. The predicted octanol–water partition coefficient (Wildman–Crippen LogP) is 7.96. The van der Waals surface area contributed by atoms with E-state index in [1.165, 1.54) is 96.3 Å². The van der Waals surface area contributed by atoms with Gasteiger partial charge in [0, 0.05) is 0 Å². The van der Waals surface area contributed by atoms with Crippen molar-refractivity contribution in [3.05, 3.63) is 6.92 Å². The van der Waals surface area contributed by atoms with Gasteiger partial charge in [0.2, 0.25) is 0 Å². The summed E-state index contributed by atoms with van der Waals surface area (Å²) in [5.74, 6) is 3.07. The quantitative estimate of drug-likeness (QED) is 0.303. The van der Waals surface area contributed by atoms with E-state index in [0.29, 0.717) is 0 Å². The summed E-state index contributed by atoms with van der Waals surface area (Å²) in [6.07, 6.45) is 23.1. The first kappa shape index (κ1) is 20.0. The number of hydrogen-bond acceptors (Lipinski definition) is 0. The Labute approximate surface area is 141 Å². The zero-order chi connectivity index (χ0) is 16.0. The van der Waals surface area contributed by atoms with Crippen LogP contribution in [0.25, 0.3) is 0 Å². The molecule has 1 fully saturated rings. The van der Waals surface area contributed by atoms with Gasteiger partial charge in [-0.05, 0) is 24.2 Å². The minimum Gasteiger partial charge on any atom is -0.0654 e. The fraction of sp³-hybridized carbons (Fsp3) is 0.955. The fourth-order valence-corrected chi connectivity index (χ4v) is 4.45. The van der Waals surface area contributed by atoms with Crippen molar-refractivity contribution in [2.45, 2.75) is 117 Å². The molecule has 22 heavy (non-hydrogen) atoms. The van der Waals surface area contributed by atoms with Crippen molar-refractivity contribution in [3.63, 3.8) is 0 Å². The molecule has 0 aromatic rings. The summed E-state index contributed by atoms with van der Waals surface area (Å²) in [7, 11) is 0. The highest BCUT2D eigenvalue weighted by Crippen LogP contribution is 2.37. The lowest BCUT2D eigenvalue weighted by Crippen LogP contribution is -2.20. The highest BCUT2D eigenvalue weighted by atomic mass is 14.3. The highest BCUT2D eigenvalue weighted by molar-refractivity contribution is 4.76. The van der Waals surface area contributed by atoms with Crippen molar-refractivity contribution in [2.75, 3.05) is 0 Å². The van der Waals surface area contributed by atoms with E-state index in [4.69, 9.17) is 0 Å². The van der Waals surface area contributed by atoms with E-state index in [1.54, 1.807) is 0 Å². The first-order valence-electron chi connectivity index (χ1n) is 10.6. The van der Waals surface area contributed by atoms with Crippen LogP contribution in [0.15, 0.2) is 0 Å². The minimum absolute atomic E-state index is 0.957. The second kappa shape index (κ2) is 13.4. The molecular weight excluding hydrogens is 264 g/mol. The summed E-state index contributed by atoms with van der Waals surface area (Å²) in [6, 6.07) is 0. The lowest BCUT2D eigenvalue weighted by molar-refractivity contribution is 0.194. The molecule has 0 saturated heterocycles. The largest absolute Gasteiger partial charge is 0.0654 e. The van der Waals surface area contributed by atoms with Crippen molar-refractivity contribution in [2.24, 2.45) is 17.8 Å². The van der Waals surface area contributed by atoms with Crippen molar-refractivity contribution in [1.29, 1.82) is 0 Å². The zero-order valence-corrected chi connectivity index (χ0v) is 15.8. The van der Waals surface area contributed by atoms with Gasteiger partial charge in [0.1, 0.15) is 0 Å². The molecule has 0 heterocycles. The third-order valence-corrected chi connectivity index (χ3v) is 5.90. The SMILES string of the molecule is [CH2]CCCCCCCC(CC(C)CCCC)C1CCCCC1. The van der Waals surface area contributed by atoms with E-state index in [9.17, 15) is 0 Å². The molecule has 0 spiro atoms. The van der Waals surface area contributed by atoms with Crippen molar-refractivity contribution in [3.8, 4) is 0 Å². The molecule has 1 rings (SSSR count). The molecule has 1 saturated carbocycles. The van der Waals surface area contributed by atoms with Gasteiger partial charge in [0.25, 0.3) is 0 Å². The predicted molar refractivity (Wildman–Crippen MR) is 101 cm³/mol.